The number of thiocarbonyl (C=S) groups is 1. The maximum Gasteiger partial charge on any atom is 0.420 e. The summed E-state index contributed by atoms with van der Waals surface area (Å²) in [5.41, 5.74) is 1.59. The molecule has 2 fully saturated rings. The first-order valence-corrected chi connectivity index (χ1v) is 24.2. The number of pyridine rings is 1. The molecule has 2 aliphatic rings. The van der Waals surface area contributed by atoms with Crippen molar-refractivity contribution in [3.63, 3.8) is 0 Å². The van der Waals surface area contributed by atoms with Crippen molar-refractivity contribution in [2.75, 3.05) is 16.3 Å². The number of β-amino-alcohol motifs (C(OH)–C–C–N with tert-alkyl or cyclic N) is 1. The fourth-order valence-electron chi connectivity index (χ4n) is 8.62. The van der Waals surface area contributed by atoms with Gasteiger partial charge in [-0.15, -0.1) is 11.3 Å². The van der Waals surface area contributed by atoms with E-state index in [2.05, 4.69) is 25.9 Å². The van der Waals surface area contributed by atoms with Gasteiger partial charge in [-0.3, -0.25) is 33.9 Å². The molecule has 0 spiro atoms. The van der Waals surface area contributed by atoms with Crippen LogP contribution in [0.3, 0.4) is 0 Å². The number of aromatic nitrogens is 2. The van der Waals surface area contributed by atoms with E-state index in [9.17, 15) is 42.3 Å². The maximum absolute atomic E-state index is 15.4. The van der Waals surface area contributed by atoms with Crippen LogP contribution in [0.15, 0.2) is 84.5 Å². The van der Waals surface area contributed by atoms with Crippen molar-refractivity contribution >= 4 is 69.6 Å². The van der Waals surface area contributed by atoms with E-state index in [-0.39, 0.29) is 55.0 Å². The molecule has 21 heteroatoms. The zero-order valence-corrected chi connectivity index (χ0v) is 41.5. The standard InChI is InChI=1S/C51H51F4N9O6S2/c1-28(2)43(47(69)62-26-37(65)21-39(62)46(68)59-24-31-9-13-32(14-10-31)44-29(3)60-27-72-44)61-45(67)33-15-11-30(12-16-33)23-58-40(66)8-6-7-35-18-19-36(25-57-35)64-49(71)63(48(70)50(64,4)5)38-20-17-34(22-56)41(42(38)52)51(53,54)55/h9-20,25,27-28,37,39,43,65H,6-8,21,23-24,26H2,1-5H3,(H,58,66)(H,59,68)(H,61,67)/t37-,39+,43+/m1/s1. The Labute approximate surface area is 422 Å². The lowest BCUT2D eigenvalue weighted by atomic mass is 10.0. The van der Waals surface area contributed by atoms with Crippen LogP contribution in [0.4, 0.5) is 28.9 Å². The molecule has 7 rings (SSSR count). The van der Waals surface area contributed by atoms with Gasteiger partial charge in [-0.05, 0) is 105 Å². The number of benzene rings is 3. The summed E-state index contributed by atoms with van der Waals surface area (Å²) in [6.45, 7) is 8.80. The number of hydrogen-bond donors (Lipinski definition) is 4. The molecule has 0 saturated carbocycles. The molecule has 72 heavy (non-hydrogen) atoms. The Balaban J connectivity index is 0.873. The van der Waals surface area contributed by atoms with E-state index in [1.807, 2.05) is 31.2 Å². The SMILES string of the molecule is Cc1ncsc1-c1ccc(CNC(=O)[C@@H]2C[C@@H](O)CN2C(=O)[C@@H](NC(=O)c2ccc(CNC(=O)CCCc3ccc(N4C(=S)N(c5ccc(C#N)c(C(F)(F)F)c5F)C(=O)C4(C)C)cn3)cc2)C(C)C)cc1. The minimum absolute atomic E-state index is 0.0573. The number of nitrogens with zero attached hydrogens (tertiary/aromatic N) is 6. The Bertz CT molecular complexity index is 2920. The van der Waals surface area contributed by atoms with Gasteiger partial charge in [-0.1, -0.05) is 50.2 Å². The first-order chi connectivity index (χ1) is 34.1. The van der Waals surface area contributed by atoms with Crippen LogP contribution in [0.25, 0.3) is 10.4 Å². The van der Waals surface area contributed by atoms with E-state index in [0.717, 1.165) is 33.8 Å². The number of likely N-dealkylation sites (tertiary alicyclic amines) is 1. The average Bonchev–Trinajstić information content (AvgIpc) is 4.01. The minimum Gasteiger partial charge on any atom is -0.391 e. The van der Waals surface area contributed by atoms with Gasteiger partial charge in [0, 0.05) is 43.7 Å². The molecular weight excluding hydrogens is 975 g/mol. The number of aryl methyl sites for hydroxylation is 2. The van der Waals surface area contributed by atoms with E-state index < -0.39 is 76.2 Å². The summed E-state index contributed by atoms with van der Waals surface area (Å²) < 4.78 is 56.7. The number of carbonyl (C=O) groups excluding carboxylic acids is 5. The molecule has 3 aromatic carbocycles. The predicted octanol–water partition coefficient (Wildman–Crippen LogP) is 7.13. The zero-order valence-electron chi connectivity index (χ0n) is 39.8. The quantitative estimate of drug-likeness (QED) is 0.0579. The highest BCUT2D eigenvalue weighted by atomic mass is 32.1. The fourth-order valence-corrected chi connectivity index (χ4v) is 9.95. The van der Waals surface area contributed by atoms with E-state index in [0.29, 0.717) is 34.7 Å². The zero-order chi connectivity index (χ0) is 52.2. The van der Waals surface area contributed by atoms with Gasteiger partial charge in [0.25, 0.3) is 11.8 Å². The van der Waals surface area contributed by atoms with Gasteiger partial charge in [0.2, 0.25) is 17.7 Å². The number of halogens is 4. The van der Waals surface area contributed by atoms with Gasteiger partial charge in [0.05, 0.1) is 51.4 Å². The molecule has 0 radical (unpaired) electrons. The van der Waals surface area contributed by atoms with Crippen molar-refractivity contribution in [1.82, 2.24) is 30.8 Å². The van der Waals surface area contributed by atoms with Crippen molar-refractivity contribution in [2.24, 2.45) is 5.92 Å². The number of nitrogens with one attached hydrogen (secondary N) is 3. The van der Waals surface area contributed by atoms with Crippen LogP contribution < -0.4 is 25.8 Å². The number of hydrogen-bond acceptors (Lipinski definition) is 11. The summed E-state index contributed by atoms with van der Waals surface area (Å²) in [6.07, 6.45) is -3.69. The van der Waals surface area contributed by atoms with Crippen molar-refractivity contribution < 1.29 is 46.6 Å². The average molecular weight is 1030 g/mol. The molecular formula is C51H51F4N9O6S2. The minimum atomic E-state index is -5.21. The predicted molar refractivity (Wildman–Crippen MR) is 265 cm³/mol. The third-order valence-corrected chi connectivity index (χ3v) is 13.9. The first kappa shape index (κ1) is 52.7. The molecule has 5 amide bonds. The Hall–Kier alpha value is -7.15. The van der Waals surface area contributed by atoms with E-state index >= 15 is 4.39 Å². The summed E-state index contributed by atoms with van der Waals surface area (Å²) in [6, 6.07) is 18.6. The van der Waals surface area contributed by atoms with Crippen molar-refractivity contribution in [1.29, 1.82) is 5.26 Å². The van der Waals surface area contributed by atoms with Gasteiger partial charge in [0.1, 0.15) is 23.2 Å². The van der Waals surface area contributed by atoms with Crippen LogP contribution in [0, 0.1) is 30.0 Å². The Morgan fingerprint density at radius 2 is 1.64 bits per heavy atom. The molecule has 2 aromatic heterocycles. The van der Waals surface area contributed by atoms with Crippen LogP contribution in [0.5, 0.6) is 0 Å². The number of aliphatic hydroxyl groups is 1. The summed E-state index contributed by atoms with van der Waals surface area (Å²) in [5.74, 6) is -4.59. The van der Waals surface area contributed by atoms with E-state index in [1.165, 1.54) is 35.9 Å². The number of nitriles is 1. The summed E-state index contributed by atoms with van der Waals surface area (Å²) in [7, 11) is 0. The van der Waals surface area contributed by atoms with Crippen LogP contribution >= 0.6 is 23.6 Å². The molecule has 0 bridgehead atoms. The lowest BCUT2D eigenvalue weighted by Crippen LogP contribution is -2.55. The normalized spacial score (nSPS) is 17.0. The number of amides is 5. The van der Waals surface area contributed by atoms with Gasteiger partial charge in [-0.2, -0.15) is 18.4 Å². The Morgan fingerprint density at radius 3 is 2.24 bits per heavy atom. The smallest absolute Gasteiger partial charge is 0.391 e. The highest BCUT2D eigenvalue weighted by Gasteiger charge is 2.52. The monoisotopic (exact) mass is 1030 g/mol. The Kier molecular flexibility index (Phi) is 15.9. The van der Waals surface area contributed by atoms with Crippen LogP contribution in [0.2, 0.25) is 0 Å². The highest BCUT2D eigenvalue weighted by molar-refractivity contribution is 7.81. The molecule has 2 saturated heterocycles. The van der Waals surface area contributed by atoms with Crippen molar-refractivity contribution in [3.8, 4) is 16.5 Å². The molecule has 4 heterocycles. The van der Waals surface area contributed by atoms with Gasteiger partial charge < -0.3 is 30.9 Å². The highest BCUT2D eigenvalue weighted by Crippen LogP contribution is 2.42. The van der Waals surface area contributed by atoms with Crippen molar-refractivity contribution in [2.45, 2.75) is 103 Å². The largest absolute Gasteiger partial charge is 0.420 e. The van der Waals surface area contributed by atoms with Crippen LogP contribution in [0.1, 0.15) is 91.0 Å². The van der Waals surface area contributed by atoms with Crippen molar-refractivity contribution in [3.05, 3.63) is 130 Å². The molecule has 3 atom stereocenters. The lowest BCUT2D eigenvalue weighted by molar-refractivity contribution is -0.140. The molecule has 5 aromatic rings. The maximum atomic E-state index is 15.4. The van der Waals surface area contributed by atoms with Crippen LogP contribution in [-0.2, 0) is 44.9 Å². The van der Waals surface area contributed by atoms with Gasteiger partial charge in [0.15, 0.2) is 10.9 Å². The third-order valence-electron chi connectivity index (χ3n) is 12.6. The second kappa shape index (κ2) is 21.7. The third kappa shape index (κ3) is 11.3. The number of thiazole rings is 1. The number of rotatable bonds is 16. The van der Waals surface area contributed by atoms with Gasteiger partial charge in [-0.25, -0.2) is 9.37 Å². The topological polar surface area (TPSA) is 201 Å². The molecule has 0 unspecified atom stereocenters. The second-order valence-corrected chi connectivity index (χ2v) is 19.6. The molecule has 2 aliphatic heterocycles. The van der Waals surface area contributed by atoms with E-state index in [4.69, 9.17) is 17.5 Å². The van der Waals surface area contributed by atoms with Gasteiger partial charge >= 0.3 is 6.18 Å². The summed E-state index contributed by atoms with van der Waals surface area (Å²) in [4.78, 5) is 80.4. The second-order valence-electron chi connectivity index (χ2n) is 18.4. The fraction of sp³-hybridized carbons (Fsp3) is 0.353. The number of anilines is 2. The lowest BCUT2D eigenvalue weighted by Gasteiger charge is -2.30. The van der Waals surface area contributed by atoms with Crippen LogP contribution in [-0.4, -0.2) is 84.9 Å². The number of carbonyl (C=O) groups is 5. The molecule has 15 nitrogen and oxygen atoms in total. The number of aliphatic hydroxyl groups excluding tert-OH is 1. The molecule has 4 N–H and O–H groups in total. The Morgan fingerprint density at radius 1 is 0.972 bits per heavy atom. The van der Waals surface area contributed by atoms with E-state index in [1.54, 1.807) is 67.1 Å². The molecule has 0 aliphatic carbocycles. The summed E-state index contributed by atoms with van der Waals surface area (Å²) >= 11 is 7.05. The molecule has 376 valence electrons. The number of alkyl halides is 3. The first-order valence-electron chi connectivity index (χ1n) is 23.0. The summed E-state index contributed by atoms with van der Waals surface area (Å²) in [5, 5.41) is 28.0.